The molecule has 0 radical (unpaired) electrons. The molecule has 0 saturated heterocycles. The highest BCUT2D eigenvalue weighted by Gasteiger charge is 2.29. The minimum Gasteiger partial charge on any atom is -0.458 e. The van der Waals surface area contributed by atoms with Crippen LogP contribution in [0.15, 0.2) is 30.9 Å². The van der Waals surface area contributed by atoms with Crippen molar-refractivity contribution in [2.24, 2.45) is 0 Å². The van der Waals surface area contributed by atoms with Gasteiger partial charge in [-0.25, -0.2) is 8.77 Å². The number of nitrogens with zero attached hydrogens (tertiary/aromatic N) is 3. The average Bonchev–Trinajstić information content (AvgIpc) is 2.90. The first kappa shape index (κ1) is 22.9. The van der Waals surface area contributed by atoms with E-state index in [4.69, 9.17) is 4.74 Å². The summed E-state index contributed by atoms with van der Waals surface area (Å²) in [7, 11) is -2.27. The van der Waals surface area contributed by atoms with Gasteiger partial charge in [0.05, 0.1) is 16.8 Å². The lowest BCUT2D eigenvalue weighted by atomic mass is 10.1. The van der Waals surface area contributed by atoms with Gasteiger partial charge < -0.3 is 4.74 Å². The highest BCUT2D eigenvalue weighted by molar-refractivity contribution is 7.90. The topological polar surface area (TPSA) is 118 Å². The van der Waals surface area contributed by atoms with Crippen molar-refractivity contribution in [1.82, 2.24) is 12.6 Å². The average molecular weight is 445 g/mol. The van der Waals surface area contributed by atoms with Crippen molar-refractivity contribution < 1.29 is 26.4 Å². The molecule has 29 heavy (non-hydrogen) atoms. The Morgan fingerprint density at radius 2 is 1.79 bits per heavy atom. The Morgan fingerprint density at radius 3 is 2.31 bits per heavy atom. The maximum absolute atomic E-state index is 12.8. The Morgan fingerprint density at radius 1 is 1.17 bits per heavy atom. The zero-order valence-electron chi connectivity index (χ0n) is 16.8. The van der Waals surface area contributed by atoms with E-state index in [1.165, 1.54) is 59.4 Å². The van der Waals surface area contributed by atoms with Crippen molar-refractivity contribution in [3.63, 3.8) is 0 Å². The fraction of sp³-hybridized carbons (Fsp3) is 0.353. The second kappa shape index (κ2) is 8.14. The van der Waals surface area contributed by atoms with Crippen LogP contribution >= 0.6 is 0 Å². The molecule has 0 bridgehead atoms. The van der Waals surface area contributed by atoms with Crippen LogP contribution in [0.5, 0.6) is 0 Å². The fourth-order valence-corrected chi connectivity index (χ4v) is 4.40. The van der Waals surface area contributed by atoms with Gasteiger partial charge in [-0.2, -0.15) is 25.4 Å². The third kappa shape index (κ3) is 4.29. The lowest BCUT2D eigenvalue weighted by Crippen LogP contribution is -2.29. The summed E-state index contributed by atoms with van der Waals surface area (Å²) in [5.41, 5.74) is 0.562. The predicted molar refractivity (Wildman–Crippen MR) is 111 cm³/mol. The molecular formula is C17H24N4O6S2. The first-order chi connectivity index (χ1) is 13.3. The SMILES string of the molecule is C=CCOC(=O)c1c(C)n(S(=O)(=O)N(C)C)c2ccc(NS(=O)(=O)N(C)C)cc12. The van der Waals surface area contributed by atoms with Crippen LogP contribution < -0.4 is 4.72 Å². The van der Waals surface area contributed by atoms with Crippen LogP contribution in [0.3, 0.4) is 0 Å². The molecule has 0 atom stereocenters. The van der Waals surface area contributed by atoms with Crippen molar-refractivity contribution in [1.29, 1.82) is 0 Å². The summed E-state index contributed by atoms with van der Waals surface area (Å²) in [6.07, 6.45) is 1.39. The number of esters is 1. The fourth-order valence-electron chi connectivity index (χ4n) is 2.62. The number of ether oxygens (including phenoxy) is 1. The van der Waals surface area contributed by atoms with E-state index in [1.54, 1.807) is 0 Å². The van der Waals surface area contributed by atoms with Gasteiger partial charge in [0.2, 0.25) is 0 Å². The minimum atomic E-state index is -3.95. The number of nitrogens with one attached hydrogen (secondary N) is 1. The number of hydrogen-bond acceptors (Lipinski definition) is 6. The Kier molecular flexibility index (Phi) is 6.42. The van der Waals surface area contributed by atoms with Gasteiger partial charge in [-0.1, -0.05) is 12.7 Å². The van der Waals surface area contributed by atoms with Crippen LogP contribution in [0.25, 0.3) is 10.9 Å². The Bertz CT molecular complexity index is 1160. The summed E-state index contributed by atoms with van der Waals surface area (Å²) in [5, 5.41) is 0.237. The van der Waals surface area contributed by atoms with Crippen LogP contribution in [0, 0.1) is 6.92 Å². The molecule has 0 aliphatic rings. The number of rotatable bonds is 8. The second-order valence-corrected chi connectivity index (χ2v) is 10.4. The Labute approximate surface area is 170 Å². The summed E-state index contributed by atoms with van der Waals surface area (Å²) in [5.74, 6) is -0.743. The molecule has 1 heterocycles. The first-order valence-electron chi connectivity index (χ1n) is 8.41. The van der Waals surface area contributed by atoms with E-state index in [0.29, 0.717) is 0 Å². The molecule has 160 valence electrons. The highest BCUT2D eigenvalue weighted by Crippen LogP contribution is 2.31. The Hall–Kier alpha value is -2.41. The molecule has 1 aromatic heterocycles. The van der Waals surface area contributed by atoms with Crippen LogP contribution in [-0.4, -0.2) is 70.2 Å². The molecule has 0 amide bonds. The van der Waals surface area contributed by atoms with Crippen LogP contribution in [-0.2, 0) is 25.2 Å². The normalized spacial score (nSPS) is 12.5. The number of hydrogen-bond donors (Lipinski definition) is 1. The lowest BCUT2D eigenvalue weighted by molar-refractivity contribution is 0.0551. The molecule has 2 rings (SSSR count). The molecule has 1 N–H and O–H groups in total. The van der Waals surface area contributed by atoms with E-state index in [9.17, 15) is 21.6 Å². The largest absolute Gasteiger partial charge is 0.458 e. The quantitative estimate of drug-likeness (QED) is 0.482. The highest BCUT2D eigenvalue weighted by atomic mass is 32.2. The zero-order chi connectivity index (χ0) is 22.1. The van der Waals surface area contributed by atoms with Crippen molar-refractivity contribution in [2.75, 3.05) is 39.5 Å². The Balaban J connectivity index is 2.80. The number of carbonyl (C=O) groups is 1. The van der Waals surface area contributed by atoms with Gasteiger partial charge in [-0.3, -0.25) is 4.72 Å². The molecule has 2 aromatic rings. The van der Waals surface area contributed by atoms with Crippen molar-refractivity contribution in [3.8, 4) is 0 Å². The molecule has 0 saturated carbocycles. The molecule has 10 nitrogen and oxygen atoms in total. The summed E-state index contributed by atoms with van der Waals surface area (Å²) < 4.78 is 60.4. The third-order valence-corrected chi connectivity index (χ3v) is 7.42. The van der Waals surface area contributed by atoms with Gasteiger partial charge in [0.25, 0.3) is 0 Å². The lowest BCUT2D eigenvalue weighted by Gasteiger charge is -2.16. The summed E-state index contributed by atoms with van der Waals surface area (Å²) in [6, 6.07) is 4.25. The monoisotopic (exact) mass is 444 g/mol. The molecule has 0 spiro atoms. The molecule has 0 fully saturated rings. The van der Waals surface area contributed by atoms with E-state index in [-0.39, 0.29) is 34.5 Å². The predicted octanol–water partition coefficient (Wildman–Crippen LogP) is 1.17. The standard InChI is InChI=1S/C17H24N4O6S2/c1-7-10-27-17(22)16-12(2)21(29(25,26)20(5)6)15-9-8-13(11-14(15)16)18-28(23,24)19(3)4/h7-9,11,18H,1,10H2,2-6H3. The van der Waals surface area contributed by atoms with Gasteiger partial charge in [0.15, 0.2) is 0 Å². The maximum Gasteiger partial charge on any atom is 0.340 e. The van der Waals surface area contributed by atoms with Gasteiger partial charge in [0, 0.05) is 39.3 Å². The number of anilines is 1. The van der Waals surface area contributed by atoms with Crippen LogP contribution in [0.1, 0.15) is 16.1 Å². The van der Waals surface area contributed by atoms with E-state index in [0.717, 1.165) is 12.6 Å². The van der Waals surface area contributed by atoms with Gasteiger partial charge in [-0.15, -0.1) is 0 Å². The summed E-state index contributed by atoms with van der Waals surface area (Å²) in [6.45, 7) is 4.91. The molecule has 0 aliphatic heterocycles. The van der Waals surface area contributed by atoms with E-state index in [2.05, 4.69) is 11.3 Å². The third-order valence-electron chi connectivity index (χ3n) is 4.11. The zero-order valence-corrected chi connectivity index (χ0v) is 18.5. The van der Waals surface area contributed by atoms with Crippen LogP contribution in [0.2, 0.25) is 0 Å². The summed E-state index contributed by atoms with van der Waals surface area (Å²) in [4.78, 5) is 12.6. The molecule has 0 aliphatic carbocycles. The van der Waals surface area contributed by atoms with Gasteiger partial charge in [0.1, 0.15) is 6.61 Å². The minimum absolute atomic E-state index is 0.0261. The second-order valence-electron chi connectivity index (χ2n) is 6.52. The first-order valence-corrected chi connectivity index (χ1v) is 11.2. The smallest absolute Gasteiger partial charge is 0.340 e. The maximum atomic E-state index is 12.8. The molecule has 12 heteroatoms. The molecule has 1 aromatic carbocycles. The van der Waals surface area contributed by atoms with Crippen molar-refractivity contribution in [3.05, 3.63) is 42.1 Å². The van der Waals surface area contributed by atoms with Crippen molar-refractivity contribution in [2.45, 2.75) is 6.92 Å². The number of aromatic nitrogens is 1. The number of benzene rings is 1. The van der Waals surface area contributed by atoms with E-state index < -0.39 is 26.4 Å². The van der Waals surface area contributed by atoms with E-state index >= 15 is 0 Å². The summed E-state index contributed by atoms with van der Waals surface area (Å²) >= 11 is 0. The van der Waals surface area contributed by atoms with Gasteiger partial charge in [-0.05, 0) is 25.1 Å². The molecule has 0 unspecified atom stereocenters. The van der Waals surface area contributed by atoms with E-state index in [1.807, 2.05) is 0 Å². The molecular weight excluding hydrogens is 420 g/mol. The van der Waals surface area contributed by atoms with Crippen LogP contribution in [0.4, 0.5) is 5.69 Å². The number of carbonyl (C=O) groups excluding carboxylic acids is 1. The number of fused-ring (bicyclic) bond motifs is 1. The van der Waals surface area contributed by atoms with Gasteiger partial charge >= 0.3 is 26.4 Å². The van der Waals surface area contributed by atoms with Crippen molar-refractivity contribution >= 4 is 43.0 Å².